The highest BCUT2D eigenvalue weighted by Crippen LogP contribution is 2.32. The predicted molar refractivity (Wildman–Crippen MR) is 131 cm³/mol. The van der Waals surface area contributed by atoms with Crippen LogP contribution in [0.3, 0.4) is 0 Å². The Bertz CT molecular complexity index is 1050. The molecule has 2 aromatic carbocycles. The van der Waals surface area contributed by atoms with E-state index in [1.165, 1.54) is 5.56 Å². The number of ether oxygens (including phenoxy) is 1. The predicted octanol–water partition coefficient (Wildman–Crippen LogP) is 5.31. The minimum Gasteiger partial charge on any atom is -0.491 e. The Labute approximate surface area is 191 Å². The number of aromatic nitrogens is 1. The van der Waals surface area contributed by atoms with Crippen LogP contribution < -0.4 is 4.74 Å². The van der Waals surface area contributed by atoms with Crippen LogP contribution in [0.4, 0.5) is 0 Å². The first-order valence-electron chi connectivity index (χ1n) is 11.6. The quantitative estimate of drug-likeness (QED) is 0.414. The van der Waals surface area contributed by atoms with Crippen molar-refractivity contribution >= 4 is 16.7 Å². The van der Waals surface area contributed by atoms with E-state index in [9.17, 15) is 9.90 Å². The number of aryl methyl sites for hydroxylation is 1. The Morgan fingerprint density at radius 1 is 1.06 bits per heavy atom. The molecule has 0 saturated heterocycles. The molecular weight excluding hydrogens is 400 g/mol. The second kappa shape index (κ2) is 10.8. The molecular formula is C27H36N2O3. The van der Waals surface area contributed by atoms with Gasteiger partial charge in [0.25, 0.3) is 0 Å². The summed E-state index contributed by atoms with van der Waals surface area (Å²) in [6.45, 7) is 12.7. The van der Waals surface area contributed by atoms with Gasteiger partial charge < -0.3 is 19.3 Å². The zero-order chi connectivity index (χ0) is 23.3. The minimum atomic E-state index is -0.560. The third-order valence-electron chi connectivity index (χ3n) is 5.81. The smallest absolute Gasteiger partial charge is 0.162 e. The maximum absolute atomic E-state index is 12.5. The van der Waals surface area contributed by atoms with E-state index in [1.54, 1.807) is 6.92 Å². The highest BCUT2D eigenvalue weighted by atomic mass is 16.5. The van der Waals surface area contributed by atoms with E-state index >= 15 is 0 Å². The van der Waals surface area contributed by atoms with E-state index in [0.717, 1.165) is 48.2 Å². The summed E-state index contributed by atoms with van der Waals surface area (Å²) < 4.78 is 8.06. The number of aliphatic hydroxyl groups is 1. The summed E-state index contributed by atoms with van der Waals surface area (Å²) in [4.78, 5) is 14.8. The second-order valence-corrected chi connectivity index (χ2v) is 8.63. The van der Waals surface area contributed by atoms with Crippen molar-refractivity contribution in [3.8, 4) is 11.4 Å². The van der Waals surface area contributed by atoms with Crippen molar-refractivity contribution in [3.05, 3.63) is 59.3 Å². The molecule has 5 heteroatoms. The summed E-state index contributed by atoms with van der Waals surface area (Å²) in [6, 6.07) is 14.1. The normalized spacial score (nSPS) is 12.5. The summed E-state index contributed by atoms with van der Waals surface area (Å²) in [6.07, 6.45) is 1.57. The molecule has 0 bridgehead atoms. The van der Waals surface area contributed by atoms with Gasteiger partial charge in [0.05, 0.1) is 5.52 Å². The van der Waals surface area contributed by atoms with Gasteiger partial charge in [-0.05, 0) is 77.0 Å². The van der Waals surface area contributed by atoms with Crippen molar-refractivity contribution in [2.45, 2.75) is 53.6 Å². The van der Waals surface area contributed by atoms with Crippen LogP contribution in [-0.4, -0.2) is 52.7 Å². The van der Waals surface area contributed by atoms with E-state index in [0.29, 0.717) is 17.9 Å². The lowest BCUT2D eigenvalue weighted by Crippen LogP contribution is -2.36. The van der Waals surface area contributed by atoms with E-state index in [1.807, 2.05) is 25.1 Å². The Kier molecular flexibility index (Phi) is 8.10. The molecule has 172 valence electrons. The molecule has 0 saturated carbocycles. The molecule has 1 aromatic heterocycles. The summed E-state index contributed by atoms with van der Waals surface area (Å²) in [5, 5.41) is 11.4. The van der Waals surface area contributed by atoms with Crippen LogP contribution >= 0.6 is 0 Å². The fraction of sp³-hybridized carbons (Fsp3) is 0.444. The maximum atomic E-state index is 12.5. The Balaban J connectivity index is 1.86. The fourth-order valence-electron chi connectivity index (χ4n) is 4.43. The van der Waals surface area contributed by atoms with E-state index in [4.69, 9.17) is 4.74 Å². The first-order chi connectivity index (χ1) is 15.3. The zero-order valence-corrected chi connectivity index (χ0v) is 20.0. The molecule has 32 heavy (non-hydrogen) atoms. The summed E-state index contributed by atoms with van der Waals surface area (Å²) in [5.41, 5.74) is 4.83. The molecule has 0 amide bonds. The van der Waals surface area contributed by atoms with Crippen molar-refractivity contribution in [2.24, 2.45) is 0 Å². The molecule has 0 aliphatic carbocycles. The van der Waals surface area contributed by atoms with Crippen LogP contribution in [0.5, 0.6) is 5.75 Å². The number of nitrogens with zero attached hydrogens (tertiary/aromatic N) is 2. The number of hydrogen-bond donors (Lipinski definition) is 1. The first kappa shape index (κ1) is 24.0. The SMILES string of the molecule is CCCN(CCC)C[C@@H](O)COc1ccc2c(c1)c(C(C)=O)c(C)n2-c1ccc(C)cc1. The molecule has 0 radical (unpaired) electrons. The van der Waals surface area contributed by atoms with E-state index < -0.39 is 6.10 Å². The average molecular weight is 437 g/mol. The van der Waals surface area contributed by atoms with Crippen molar-refractivity contribution in [2.75, 3.05) is 26.2 Å². The summed E-state index contributed by atoms with van der Waals surface area (Å²) >= 11 is 0. The van der Waals surface area contributed by atoms with Crippen molar-refractivity contribution in [1.82, 2.24) is 9.47 Å². The van der Waals surface area contributed by atoms with Crippen molar-refractivity contribution in [1.29, 1.82) is 0 Å². The lowest BCUT2D eigenvalue weighted by atomic mass is 10.1. The van der Waals surface area contributed by atoms with Gasteiger partial charge in [-0.25, -0.2) is 0 Å². The zero-order valence-electron chi connectivity index (χ0n) is 20.0. The van der Waals surface area contributed by atoms with Gasteiger partial charge in [0.15, 0.2) is 5.78 Å². The number of Topliss-reactive ketones (excluding diaryl/α,β-unsaturated/α-hetero) is 1. The molecule has 1 heterocycles. The van der Waals surface area contributed by atoms with Gasteiger partial charge in [0.1, 0.15) is 18.5 Å². The number of hydrogen-bond acceptors (Lipinski definition) is 4. The molecule has 3 aromatic rings. The Hall–Kier alpha value is -2.63. The van der Waals surface area contributed by atoms with Crippen molar-refractivity contribution < 1.29 is 14.6 Å². The molecule has 0 aliphatic heterocycles. The molecule has 1 N–H and O–H groups in total. The number of fused-ring (bicyclic) bond motifs is 1. The molecule has 1 atom stereocenters. The topological polar surface area (TPSA) is 54.7 Å². The van der Waals surface area contributed by atoms with Gasteiger partial charge in [-0.3, -0.25) is 4.79 Å². The number of carbonyl (C=O) groups excluding carboxylic acids is 1. The molecule has 0 unspecified atom stereocenters. The standard InChI is InChI=1S/C27H36N2O3/c1-6-14-28(15-7-2)17-23(31)18-32-24-12-13-26-25(16-24)27(21(5)30)20(4)29(26)22-10-8-19(3)9-11-22/h8-13,16,23,31H,6-7,14-15,17-18H2,1-5H3/t23-/m1/s1. The van der Waals surface area contributed by atoms with Gasteiger partial charge in [0.2, 0.25) is 0 Å². The van der Waals surface area contributed by atoms with Gasteiger partial charge in [-0.15, -0.1) is 0 Å². The molecule has 0 spiro atoms. The van der Waals surface area contributed by atoms with Crippen LogP contribution in [0, 0.1) is 13.8 Å². The molecule has 5 nitrogen and oxygen atoms in total. The number of ketones is 1. The molecule has 3 rings (SSSR count). The number of benzene rings is 2. The van der Waals surface area contributed by atoms with Crippen LogP contribution in [0.15, 0.2) is 42.5 Å². The van der Waals surface area contributed by atoms with Crippen LogP contribution in [0.2, 0.25) is 0 Å². The van der Waals surface area contributed by atoms with E-state index in [2.05, 4.69) is 54.5 Å². The van der Waals surface area contributed by atoms with Crippen LogP contribution in [-0.2, 0) is 0 Å². The first-order valence-corrected chi connectivity index (χ1v) is 11.6. The van der Waals surface area contributed by atoms with Gasteiger partial charge >= 0.3 is 0 Å². The van der Waals surface area contributed by atoms with Crippen LogP contribution in [0.1, 0.15) is 55.2 Å². The average Bonchev–Trinajstić information content (AvgIpc) is 3.04. The third kappa shape index (κ3) is 5.40. The van der Waals surface area contributed by atoms with Gasteiger partial charge in [-0.1, -0.05) is 31.5 Å². The summed E-state index contributed by atoms with van der Waals surface area (Å²) in [5.74, 6) is 0.697. The molecule has 0 fully saturated rings. The van der Waals surface area contributed by atoms with Crippen LogP contribution in [0.25, 0.3) is 16.6 Å². The number of carbonyl (C=O) groups is 1. The monoisotopic (exact) mass is 436 g/mol. The Morgan fingerprint density at radius 2 is 1.72 bits per heavy atom. The number of rotatable bonds is 11. The highest BCUT2D eigenvalue weighted by Gasteiger charge is 2.19. The third-order valence-corrected chi connectivity index (χ3v) is 5.81. The molecule has 0 aliphatic rings. The lowest BCUT2D eigenvalue weighted by molar-refractivity contribution is 0.0682. The Morgan fingerprint density at radius 3 is 2.31 bits per heavy atom. The lowest BCUT2D eigenvalue weighted by Gasteiger charge is -2.24. The highest BCUT2D eigenvalue weighted by molar-refractivity contribution is 6.09. The summed E-state index contributed by atoms with van der Waals surface area (Å²) in [7, 11) is 0. The van der Waals surface area contributed by atoms with Crippen molar-refractivity contribution in [3.63, 3.8) is 0 Å². The van der Waals surface area contributed by atoms with Gasteiger partial charge in [-0.2, -0.15) is 0 Å². The largest absolute Gasteiger partial charge is 0.491 e. The maximum Gasteiger partial charge on any atom is 0.162 e. The fourth-order valence-corrected chi connectivity index (χ4v) is 4.43. The minimum absolute atomic E-state index is 0.0327. The second-order valence-electron chi connectivity index (χ2n) is 8.63. The number of aliphatic hydroxyl groups excluding tert-OH is 1. The van der Waals surface area contributed by atoms with E-state index in [-0.39, 0.29) is 12.4 Å². The van der Waals surface area contributed by atoms with Gasteiger partial charge in [0, 0.05) is 28.9 Å².